The van der Waals surface area contributed by atoms with Crippen molar-refractivity contribution in [2.45, 2.75) is 45.1 Å². The highest BCUT2D eigenvalue weighted by molar-refractivity contribution is 6.06. The van der Waals surface area contributed by atoms with Crippen LogP contribution in [0.1, 0.15) is 54.6 Å². The van der Waals surface area contributed by atoms with Gasteiger partial charge in [-0.1, -0.05) is 12.5 Å². The molecule has 0 radical (unpaired) electrons. The zero-order chi connectivity index (χ0) is 27.5. The Morgan fingerprint density at radius 2 is 1.62 bits per heavy atom. The largest absolute Gasteiger partial charge is 0.476 e. The second-order valence-electron chi connectivity index (χ2n) is 10.6. The van der Waals surface area contributed by atoms with E-state index in [2.05, 4.69) is 36.2 Å². The van der Waals surface area contributed by atoms with Gasteiger partial charge < -0.3 is 15.3 Å². The lowest BCUT2D eigenvalue weighted by Gasteiger charge is -2.27. The maximum atomic E-state index is 13.2. The summed E-state index contributed by atoms with van der Waals surface area (Å²) in [5, 5.41) is 17.2. The van der Waals surface area contributed by atoms with E-state index in [0.717, 1.165) is 72.8 Å². The minimum Gasteiger partial charge on any atom is -0.476 e. The topological polar surface area (TPSA) is 116 Å². The minimum absolute atomic E-state index is 0.178. The Labute approximate surface area is 232 Å². The predicted octanol–water partition coefficient (Wildman–Crippen LogP) is 5.25. The predicted molar refractivity (Wildman–Crippen MR) is 154 cm³/mol. The SMILES string of the molecule is O=C(O)c1nn(C(=O)Nc2ccc(N3CCCCC3)nc2)c2ccc(-c3cncc(CN4CCCCC4)c3)cc12. The van der Waals surface area contributed by atoms with E-state index in [1.807, 2.05) is 18.3 Å². The summed E-state index contributed by atoms with van der Waals surface area (Å²) in [6.07, 6.45) is 12.6. The summed E-state index contributed by atoms with van der Waals surface area (Å²) in [5.74, 6) is -0.310. The third-order valence-electron chi connectivity index (χ3n) is 7.74. The summed E-state index contributed by atoms with van der Waals surface area (Å²) in [5.41, 5.74) is 3.58. The molecule has 0 bridgehead atoms. The highest BCUT2D eigenvalue weighted by Gasteiger charge is 2.21. The number of piperidine rings is 2. The average molecular weight is 540 g/mol. The van der Waals surface area contributed by atoms with Crippen LogP contribution in [-0.2, 0) is 6.54 Å². The molecule has 6 rings (SSSR count). The number of carbonyl (C=O) groups is 2. The molecule has 2 fully saturated rings. The van der Waals surface area contributed by atoms with Gasteiger partial charge in [0, 0.05) is 43.0 Å². The van der Waals surface area contributed by atoms with E-state index < -0.39 is 12.0 Å². The summed E-state index contributed by atoms with van der Waals surface area (Å²) in [7, 11) is 0. The molecular weight excluding hydrogens is 506 g/mol. The number of carboxylic acids is 1. The van der Waals surface area contributed by atoms with Crippen molar-refractivity contribution >= 4 is 34.4 Å². The second kappa shape index (κ2) is 11.4. The molecule has 3 aromatic heterocycles. The first-order valence-electron chi connectivity index (χ1n) is 14.0. The number of rotatable bonds is 6. The van der Waals surface area contributed by atoms with Gasteiger partial charge in [0.1, 0.15) is 5.82 Å². The molecule has 0 spiro atoms. The number of nitrogens with zero attached hydrogens (tertiary/aromatic N) is 6. The molecule has 0 aliphatic carbocycles. The van der Waals surface area contributed by atoms with Crippen LogP contribution in [0, 0.1) is 0 Å². The second-order valence-corrected chi connectivity index (χ2v) is 10.6. The number of aromatic carboxylic acids is 1. The van der Waals surface area contributed by atoms with Crippen molar-refractivity contribution in [1.82, 2.24) is 24.6 Å². The van der Waals surface area contributed by atoms with Crippen LogP contribution in [-0.4, -0.2) is 67.9 Å². The van der Waals surface area contributed by atoms with Gasteiger partial charge in [-0.15, -0.1) is 0 Å². The van der Waals surface area contributed by atoms with Crippen LogP contribution in [0.3, 0.4) is 0 Å². The number of carbonyl (C=O) groups excluding carboxylic acids is 1. The molecule has 2 saturated heterocycles. The van der Waals surface area contributed by atoms with Gasteiger partial charge in [0.2, 0.25) is 0 Å². The fraction of sp³-hybridized carbons (Fsp3) is 0.367. The van der Waals surface area contributed by atoms with Crippen LogP contribution in [0.15, 0.2) is 55.0 Å². The first-order chi connectivity index (χ1) is 19.5. The monoisotopic (exact) mass is 539 g/mol. The number of aromatic nitrogens is 4. The molecule has 5 heterocycles. The van der Waals surface area contributed by atoms with Gasteiger partial charge in [-0.05, 0) is 86.7 Å². The van der Waals surface area contributed by atoms with Crippen LogP contribution in [0.25, 0.3) is 22.0 Å². The fourth-order valence-corrected chi connectivity index (χ4v) is 5.66. The quantitative estimate of drug-likeness (QED) is 0.341. The van der Waals surface area contributed by atoms with Gasteiger partial charge >= 0.3 is 12.0 Å². The highest BCUT2D eigenvalue weighted by atomic mass is 16.4. The van der Waals surface area contributed by atoms with Crippen molar-refractivity contribution in [2.24, 2.45) is 0 Å². The number of carboxylic acid groups (broad SMARTS) is 1. The van der Waals surface area contributed by atoms with Gasteiger partial charge in [0.05, 0.1) is 17.4 Å². The summed E-state index contributed by atoms with van der Waals surface area (Å²) in [6.45, 7) is 5.00. The Balaban J connectivity index is 1.24. The Morgan fingerprint density at radius 1 is 0.850 bits per heavy atom. The third kappa shape index (κ3) is 5.53. The molecule has 2 N–H and O–H groups in total. The molecule has 4 aromatic rings. The number of anilines is 2. The Kier molecular flexibility index (Phi) is 7.41. The molecule has 1 aromatic carbocycles. The van der Waals surface area contributed by atoms with Crippen LogP contribution < -0.4 is 10.2 Å². The number of amides is 1. The van der Waals surface area contributed by atoms with E-state index in [-0.39, 0.29) is 5.69 Å². The number of likely N-dealkylation sites (tertiary alicyclic amines) is 1. The lowest BCUT2D eigenvalue weighted by atomic mass is 10.0. The highest BCUT2D eigenvalue weighted by Crippen LogP contribution is 2.28. The maximum Gasteiger partial charge on any atom is 0.357 e. The van der Waals surface area contributed by atoms with Crippen LogP contribution in [0.2, 0.25) is 0 Å². The van der Waals surface area contributed by atoms with Crippen molar-refractivity contribution in [2.75, 3.05) is 36.4 Å². The van der Waals surface area contributed by atoms with E-state index >= 15 is 0 Å². The molecule has 2 aliphatic heterocycles. The first kappa shape index (κ1) is 25.9. The molecule has 0 atom stereocenters. The molecule has 0 unspecified atom stereocenters. The number of hydrogen-bond acceptors (Lipinski definition) is 7. The Morgan fingerprint density at radius 3 is 2.35 bits per heavy atom. The van der Waals surface area contributed by atoms with Gasteiger partial charge in [0.25, 0.3) is 0 Å². The number of nitrogens with one attached hydrogen (secondary N) is 1. The molecule has 0 saturated carbocycles. The van der Waals surface area contributed by atoms with Crippen LogP contribution in [0.5, 0.6) is 0 Å². The van der Waals surface area contributed by atoms with E-state index in [4.69, 9.17) is 0 Å². The molecular formula is C30H33N7O3. The molecule has 10 nitrogen and oxygen atoms in total. The molecule has 206 valence electrons. The van der Waals surface area contributed by atoms with E-state index in [1.54, 1.807) is 30.6 Å². The van der Waals surface area contributed by atoms with Crippen LogP contribution in [0.4, 0.5) is 16.3 Å². The van der Waals surface area contributed by atoms with Gasteiger partial charge in [0.15, 0.2) is 5.69 Å². The van der Waals surface area contributed by atoms with E-state index in [9.17, 15) is 14.7 Å². The molecule has 2 aliphatic rings. The average Bonchev–Trinajstić information content (AvgIpc) is 3.38. The first-order valence-corrected chi connectivity index (χ1v) is 14.0. The van der Waals surface area contributed by atoms with Crippen molar-refractivity contribution in [3.8, 4) is 11.1 Å². The molecule has 10 heteroatoms. The lowest BCUT2D eigenvalue weighted by Crippen LogP contribution is -2.30. The number of hydrogen-bond donors (Lipinski definition) is 2. The summed E-state index contributed by atoms with van der Waals surface area (Å²) >= 11 is 0. The summed E-state index contributed by atoms with van der Waals surface area (Å²) < 4.78 is 1.10. The third-order valence-corrected chi connectivity index (χ3v) is 7.74. The fourth-order valence-electron chi connectivity index (χ4n) is 5.66. The lowest BCUT2D eigenvalue weighted by molar-refractivity contribution is 0.0692. The number of pyridine rings is 2. The summed E-state index contributed by atoms with van der Waals surface area (Å²) in [6, 6.07) is 10.6. The summed E-state index contributed by atoms with van der Waals surface area (Å²) in [4.78, 5) is 38.9. The smallest absolute Gasteiger partial charge is 0.357 e. The van der Waals surface area contributed by atoms with Crippen molar-refractivity contribution < 1.29 is 14.7 Å². The van der Waals surface area contributed by atoms with Gasteiger partial charge in [-0.25, -0.2) is 14.6 Å². The Bertz CT molecular complexity index is 1520. The minimum atomic E-state index is -1.20. The van der Waals surface area contributed by atoms with Gasteiger partial charge in [-0.2, -0.15) is 9.78 Å². The van der Waals surface area contributed by atoms with Crippen molar-refractivity contribution in [1.29, 1.82) is 0 Å². The van der Waals surface area contributed by atoms with E-state index in [0.29, 0.717) is 16.6 Å². The van der Waals surface area contributed by atoms with Gasteiger partial charge in [-0.3, -0.25) is 9.88 Å². The number of benzene rings is 1. The standard InChI is InChI=1S/C30H33N7O3/c38-29(39)28-25-16-22(23-15-21(17-31-18-23)20-35-11-3-1-4-12-35)7-9-26(25)37(34-28)30(40)33-24-8-10-27(32-19-24)36-13-5-2-6-14-36/h7-10,15-19H,1-6,11-14,20H2,(H,33,40)(H,38,39). The Hall–Kier alpha value is -4.31. The maximum absolute atomic E-state index is 13.2. The zero-order valence-electron chi connectivity index (χ0n) is 22.4. The van der Waals surface area contributed by atoms with Crippen LogP contribution >= 0.6 is 0 Å². The van der Waals surface area contributed by atoms with Crippen molar-refractivity contribution in [3.05, 3.63) is 66.2 Å². The van der Waals surface area contributed by atoms with E-state index in [1.165, 1.54) is 25.7 Å². The number of fused-ring (bicyclic) bond motifs is 1. The molecule has 1 amide bonds. The van der Waals surface area contributed by atoms with Crippen molar-refractivity contribution in [3.63, 3.8) is 0 Å². The zero-order valence-corrected chi connectivity index (χ0v) is 22.4. The normalized spacial score (nSPS) is 16.2. The molecule has 40 heavy (non-hydrogen) atoms.